The molecule has 7 aromatic carbocycles. The van der Waals surface area contributed by atoms with Crippen LogP contribution in [0.4, 0.5) is 0 Å². The number of nitrogens with zero attached hydrogens (tertiary/aromatic N) is 6. The Balaban J connectivity index is 1.20. The van der Waals surface area contributed by atoms with Crippen molar-refractivity contribution in [1.29, 1.82) is 0 Å². The number of benzene rings is 7. The summed E-state index contributed by atoms with van der Waals surface area (Å²) < 4.78 is 0. The van der Waals surface area contributed by atoms with E-state index in [2.05, 4.69) is 102 Å². The molecule has 10 aromatic rings. The van der Waals surface area contributed by atoms with Crippen LogP contribution in [0.3, 0.4) is 0 Å². The van der Waals surface area contributed by atoms with Crippen LogP contribution in [0, 0.1) is 0 Å². The summed E-state index contributed by atoms with van der Waals surface area (Å²) in [5, 5.41) is 3.40. The second-order valence-electron chi connectivity index (χ2n) is 13.2. The van der Waals surface area contributed by atoms with Crippen molar-refractivity contribution >= 4 is 32.7 Å². The molecule has 6 nitrogen and oxygen atoms in total. The Morgan fingerprint density at radius 2 is 0.870 bits per heavy atom. The highest BCUT2D eigenvalue weighted by Gasteiger charge is 2.17. The molecule has 0 aliphatic carbocycles. The lowest BCUT2D eigenvalue weighted by molar-refractivity contribution is 1.07. The average Bonchev–Trinajstić information content (AvgIpc) is 3.26. The molecular formula is C48H30N6. The predicted octanol–water partition coefficient (Wildman–Crippen LogP) is 11.5. The van der Waals surface area contributed by atoms with Crippen molar-refractivity contribution in [3.05, 3.63) is 182 Å². The van der Waals surface area contributed by atoms with Gasteiger partial charge < -0.3 is 0 Å². The van der Waals surface area contributed by atoms with E-state index in [1.807, 2.05) is 72.9 Å². The van der Waals surface area contributed by atoms with Crippen molar-refractivity contribution < 1.29 is 0 Å². The van der Waals surface area contributed by atoms with Gasteiger partial charge >= 0.3 is 0 Å². The van der Waals surface area contributed by atoms with E-state index >= 15 is 0 Å². The van der Waals surface area contributed by atoms with Gasteiger partial charge in [-0.05, 0) is 75.0 Å². The lowest BCUT2D eigenvalue weighted by atomic mass is 9.92. The molecule has 252 valence electrons. The normalized spacial score (nSPS) is 11.3. The number of fused-ring (bicyclic) bond motifs is 4. The van der Waals surface area contributed by atoms with E-state index in [1.54, 1.807) is 12.4 Å². The molecule has 0 bridgehead atoms. The molecule has 6 heteroatoms. The summed E-state index contributed by atoms with van der Waals surface area (Å²) >= 11 is 0. The Bertz CT molecular complexity index is 2920. The van der Waals surface area contributed by atoms with Gasteiger partial charge in [-0.3, -0.25) is 15.0 Å². The molecule has 0 saturated heterocycles. The standard InChI is InChI=1S/C48H30N6/c1-3-12-34(13-4-1)46-52-47(35-14-5-2-6-15-35)54-48(53-46)38-28-36(31-20-22-33(23-21-31)40-18-9-16-32-11-7-8-17-39(32)40)27-37(29-38)42-30-43-45(51-26-25-49-43)41-19-10-24-50-44(41)42/h1-30H. The summed E-state index contributed by atoms with van der Waals surface area (Å²) in [6.45, 7) is 0. The van der Waals surface area contributed by atoms with Gasteiger partial charge in [0.05, 0.1) is 16.6 Å². The number of rotatable bonds is 6. The van der Waals surface area contributed by atoms with E-state index < -0.39 is 0 Å². The van der Waals surface area contributed by atoms with Gasteiger partial charge in [0, 0.05) is 46.2 Å². The molecule has 0 aliphatic heterocycles. The summed E-state index contributed by atoms with van der Waals surface area (Å²) in [7, 11) is 0. The maximum Gasteiger partial charge on any atom is 0.164 e. The first kappa shape index (κ1) is 31.3. The highest BCUT2D eigenvalue weighted by Crippen LogP contribution is 2.38. The SMILES string of the molecule is c1ccc(-c2nc(-c3ccccc3)nc(-c3cc(-c4ccc(-c5cccc6ccccc56)cc4)cc(-c4cc5nccnc5c5cccnc45)c3)n2)cc1. The minimum Gasteiger partial charge on any atom is -0.256 e. The minimum absolute atomic E-state index is 0.580. The van der Waals surface area contributed by atoms with Crippen molar-refractivity contribution in [3.63, 3.8) is 0 Å². The van der Waals surface area contributed by atoms with Gasteiger partial charge in [0.1, 0.15) is 0 Å². The van der Waals surface area contributed by atoms with Crippen LogP contribution in [0.15, 0.2) is 182 Å². The fourth-order valence-electron chi connectivity index (χ4n) is 7.23. The van der Waals surface area contributed by atoms with Crippen molar-refractivity contribution in [2.24, 2.45) is 0 Å². The quantitative estimate of drug-likeness (QED) is 0.162. The molecule has 3 heterocycles. The fraction of sp³-hybridized carbons (Fsp3) is 0. The molecule has 3 aromatic heterocycles. The third kappa shape index (κ3) is 5.72. The van der Waals surface area contributed by atoms with E-state index in [0.29, 0.717) is 17.5 Å². The van der Waals surface area contributed by atoms with Gasteiger partial charge in [0.25, 0.3) is 0 Å². The molecule has 10 rings (SSSR count). The van der Waals surface area contributed by atoms with E-state index in [-0.39, 0.29) is 0 Å². The lowest BCUT2D eigenvalue weighted by Gasteiger charge is -2.14. The van der Waals surface area contributed by atoms with Gasteiger partial charge in [0.15, 0.2) is 17.5 Å². The summed E-state index contributed by atoms with van der Waals surface area (Å²) in [6, 6.07) is 56.5. The first-order valence-corrected chi connectivity index (χ1v) is 17.8. The zero-order valence-electron chi connectivity index (χ0n) is 29.0. The van der Waals surface area contributed by atoms with Gasteiger partial charge in [0.2, 0.25) is 0 Å². The van der Waals surface area contributed by atoms with Crippen molar-refractivity contribution in [1.82, 2.24) is 29.9 Å². The van der Waals surface area contributed by atoms with E-state index in [4.69, 9.17) is 24.9 Å². The zero-order valence-corrected chi connectivity index (χ0v) is 29.0. The molecule has 0 amide bonds. The average molecular weight is 691 g/mol. The van der Waals surface area contributed by atoms with Crippen LogP contribution in [0.5, 0.6) is 0 Å². The summed E-state index contributed by atoms with van der Waals surface area (Å²) in [5.74, 6) is 1.80. The second kappa shape index (κ2) is 13.3. The molecule has 54 heavy (non-hydrogen) atoms. The fourth-order valence-corrected chi connectivity index (χ4v) is 7.23. The first-order valence-electron chi connectivity index (χ1n) is 17.8. The zero-order chi connectivity index (χ0) is 35.8. The largest absolute Gasteiger partial charge is 0.256 e. The summed E-state index contributed by atoms with van der Waals surface area (Å²) in [5.41, 5.74) is 11.6. The summed E-state index contributed by atoms with van der Waals surface area (Å²) in [4.78, 5) is 29.4. The molecule has 0 aliphatic rings. The highest BCUT2D eigenvalue weighted by atomic mass is 15.0. The number of hydrogen-bond acceptors (Lipinski definition) is 6. The Morgan fingerprint density at radius 3 is 1.63 bits per heavy atom. The Labute approximate surface area is 311 Å². The number of pyridine rings is 1. The molecule has 0 N–H and O–H groups in total. The van der Waals surface area contributed by atoms with Crippen molar-refractivity contribution in [2.75, 3.05) is 0 Å². The molecule has 0 saturated carbocycles. The predicted molar refractivity (Wildman–Crippen MR) is 218 cm³/mol. The lowest BCUT2D eigenvalue weighted by Crippen LogP contribution is -2.00. The Kier molecular flexibility index (Phi) is 7.69. The third-order valence-electron chi connectivity index (χ3n) is 9.85. The van der Waals surface area contributed by atoms with E-state index in [0.717, 1.165) is 66.4 Å². The molecule has 0 radical (unpaired) electrons. The first-order chi connectivity index (χ1) is 26.7. The van der Waals surface area contributed by atoms with Crippen LogP contribution in [-0.2, 0) is 0 Å². The van der Waals surface area contributed by atoms with Gasteiger partial charge in [-0.2, -0.15) is 0 Å². The van der Waals surface area contributed by atoms with Gasteiger partial charge in [-0.25, -0.2) is 15.0 Å². The second-order valence-corrected chi connectivity index (χ2v) is 13.2. The van der Waals surface area contributed by atoms with Crippen LogP contribution >= 0.6 is 0 Å². The third-order valence-corrected chi connectivity index (χ3v) is 9.85. The molecule has 0 fully saturated rings. The van der Waals surface area contributed by atoms with Crippen LogP contribution in [0.2, 0.25) is 0 Å². The molecular weight excluding hydrogens is 661 g/mol. The smallest absolute Gasteiger partial charge is 0.164 e. The topological polar surface area (TPSA) is 77.3 Å². The van der Waals surface area contributed by atoms with Gasteiger partial charge in [-0.1, -0.05) is 127 Å². The number of hydrogen-bond donors (Lipinski definition) is 0. The monoisotopic (exact) mass is 690 g/mol. The van der Waals surface area contributed by atoms with Crippen LogP contribution in [0.25, 0.3) is 100 Å². The van der Waals surface area contributed by atoms with E-state index in [9.17, 15) is 0 Å². The van der Waals surface area contributed by atoms with Gasteiger partial charge in [-0.15, -0.1) is 0 Å². The van der Waals surface area contributed by atoms with Crippen LogP contribution in [0.1, 0.15) is 0 Å². The van der Waals surface area contributed by atoms with Crippen LogP contribution < -0.4 is 0 Å². The molecule has 0 atom stereocenters. The number of aromatic nitrogens is 6. The minimum atomic E-state index is 0.580. The van der Waals surface area contributed by atoms with E-state index in [1.165, 1.54) is 16.3 Å². The van der Waals surface area contributed by atoms with Crippen molar-refractivity contribution in [3.8, 4) is 67.5 Å². The summed E-state index contributed by atoms with van der Waals surface area (Å²) in [6.07, 6.45) is 5.29. The van der Waals surface area contributed by atoms with Crippen LogP contribution in [-0.4, -0.2) is 29.9 Å². The maximum absolute atomic E-state index is 5.10. The van der Waals surface area contributed by atoms with Crippen molar-refractivity contribution in [2.45, 2.75) is 0 Å². The molecule has 0 spiro atoms. The highest BCUT2D eigenvalue weighted by molar-refractivity contribution is 6.09. The Hall–Kier alpha value is -7.44. The Morgan fingerprint density at radius 1 is 0.296 bits per heavy atom. The maximum atomic E-state index is 5.10. The molecule has 0 unspecified atom stereocenters.